The van der Waals surface area contributed by atoms with Crippen LogP contribution in [0.2, 0.25) is 5.02 Å². The lowest BCUT2D eigenvalue weighted by atomic mass is 10.1. The fourth-order valence-corrected chi connectivity index (χ4v) is 6.19. The average Bonchev–Trinajstić information content (AvgIpc) is 2.89. The third-order valence-corrected chi connectivity index (χ3v) is 8.73. The van der Waals surface area contributed by atoms with Crippen molar-refractivity contribution in [1.29, 1.82) is 0 Å². The van der Waals surface area contributed by atoms with Crippen molar-refractivity contribution in [2.75, 3.05) is 32.8 Å². The molecule has 6 nitrogen and oxygen atoms in total. The molecule has 4 rings (SSSR count). The van der Waals surface area contributed by atoms with Crippen molar-refractivity contribution in [3.8, 4) is 0 Å². The Morgan fingerprint density at radius 1 is 0.947 bits per heavy atom. The maximum absolute atomic E-state index is 14.6. The van der Waals surface area contributed by atoms with Crippen molar-refractivity contribution in [1.82, 2.24) is 9.80 Å². The lowest BCUT2D eigenvalue weighted by Gasteiger charge is -2.34. The second kappa shape index (κ2) is 13.4. The number of carbonyl (C=O) groups excluding carboxylic acids is 1. The number of hydrogen-bond acceptors (Lipinski definition) is 5. The van der Waals surface area contributed by atoms with Crippen LogP contribution < -0.4 is 0 Å². The highest BCUT2D eigenvalue weighted by atomic mass is 35.5. The number of amides is 1. The Morgan fingerprint density at radius 3 is 2.26 bits per heavy atom. The number of piperazine rings is 1. The van der Waals surface area contributed by atoms with Gasteiger partial charge in [0.1, 0.15) is 11.6 Å². The number of nitrogens with zero attached hydrogens (tertiary/aromatic N) is 2. The van der Waals surface area contributed by atoms with Crippen LogP contribution in [0.5, 0.6) is 0 Å². The molecular weight excluding hydrogens is 557 g/mol. The zero-order valence-electron chi connectivity index (χ0n) is 20.4. The van der Waals surface area contributed by atoms with Gasteiger partial charge in [-0.1, -0.05) is 41.9 Å². The van der Waals surface area contributed by atoms with E-state index < -0.39 is 32.8 Å². The van der Waals surface area contributed by atoms with E-state index in [-0.39, 0.29) is 35.9 Å². The smallest absolute Gasteiger partial charge is 0.409 e. The first-order valence-corrected chi connectivity index (χ1v) is 13.8. The molecule has 0 saturated carbocycles. The number of sulfone groups is 1. The SMILES string of the molecule is Cl.O=C(OCCC(c1cc(F)ccc1F)S(=O)(=O)c1ccc(Cl)cc1)N1CCN(Cc2ccccc2)CC1. The van der Waals surface area contributed by atoms with Crippen LogP contribution in [-0.4, -0.2) is 57.1 Å². The van der Waals surface area contributed by atoms with Gasteiger partial charge in [-0.2, -0.15) is 0 Å². The minimum atomic E-state index is -4.15. The van der Waals surface area contributed by atoms with Gasteiger partial charge < -0.3 is 9.64 Å². The molecular formula is C27H28Cl2F2N2O4S. The van der Waals surface area contributed by atoms with Crippen LogP contribution in [0, 0.1) is 11.6 Å². The Labute approximate surface area is 232 Å². The van der Waals surface area contributed by atoms with Crippen molar-refractivity contribution < 1.29 is 26.7 Å². The molecule has 11 heteroatoms. The third-order valence-electron chi connectivity index (χ3n) is 6.31. The Morgan fingerprint density at radius 2 is 1.61 bits per heavy atom. The highest BCUT2D eigenvalue weighted by Crippen LogP contribution is 2.34. The molecule has 1 saturated heterocycles. The molecule has 0 aromatic heterocycles. The molecule has 1 aliphatic rings. The molecule has 3 aromatic rings. The summed E-state index contributed by atoms with van der Waals surface area (Å²) in [6, 6.07) is 18.1. The summed E-state index contributed by atoms with van der Waals surface area (Å²) in [7, 11) is -4.15. The zero-order valence-corrected chi connectivity index (χ0v) is 22.8. The standard InChI is InChI=1S/C27H27ClF2N2O4S.ClH/c28-21-6-9-23(10-7-21)37(34,35)26(24-18-22(29)8-11-25(24)30)12-17-36-27(33)32-15-13-31(14-16-32)19-20-4-2-1-3-5-20;/h1-11,18,26H,12-17,19H2;1H. The minimum absolute atomic E-state index is 0. The molecule has 0 N–H and O–H groups in total. The number of benzene rings is 3. The van der Waals surface area contributed by atoms with Gasteiger partial charge in [0.05, 0.1) is 16.8 Å². The monoisotopic (exact) mass is 584 g/mol. The van der Waals surface area contributed by atoms with E-state index in [1.54, 1.807) is 4.90 Å². The predicted molar refractivity (Wildman–Crippen MR) is 144 cm³/mol. The van der Waals surface area contributed by atoms with E-state index >= 15 is 0 Å². The second-order valence-corrected chi connectivity index (χ2v) is 11.4. The summed E-state index contributed by atoms with van der Waals surface area (Å²) in [4.78, 5) is 16.4. The lowest BCUT2D eigenvalue weighted by Crippen LogP contribution is -2.48. The maximum Gasteiger partial charge on any atom is 0.409 e. The number of rotatable bonds is 8. The van der Waals surface area contributed by atoms with Crippen molar-refractivity contribution in [2.24, 2.45) is 0 Å². The van der Waals surface area contributed by atoms with Crippen LogP contribution in [0.25, 0.3) is 0 Å². The topological polar surface area (TPSA) is 66.9 Å². The summed E-state index contributed by atoms with van der Waals surface area (Å²) in [6.45, 7) is 2.79. The van der Waals surface area contributed by atoms with E-state index in [9.17, 15) is 22.0 Å². The van der Waals surface area contributed by atoms with Gasteiger partial charge in [0, 0.05) is 49.7 Å². The van der Waals surface area contributed by atoms with E-state index in [0.29, 0.717) is 31.2 Å². The van der Waals surface area contributed by atoms with E-state index in [1.807, 2.05) is 18.2 Å². The zero-order chi connectivity index (χ0) is 26.4. The van der Waals surface area contributed by atoms with Crippen LogP contribution >= 0.6 is 24.0 Å². The highest BCUT2D eigenvalue weighted by Gasteiger charge is 2.32. The molecule has 1 aliphatic heterocycles. The van der Waals surface area contributed by atoms with Crippen molar-refractivity contribution in [3.63, 3.8) is 0 Å². The molecule has 3 aromatic carbocycles. The van der Waals surface area contributed by atoms with E-state index in [1.165, 1.54) is 29.8 Å². The summed E-state index contributed by atoms with van der Waals surface area (Å²) in [5.41, 5.74) is 0.872. The molecule has 1 heterocycles. The average molecular weight is 586 g/mol. The third kappa shape index (κ3) is 7.44. The number of carbonyl (C=O) groups is 1. The summed E-state index contributed by atoms with van der Waals surface area (Å²) < 4.78 is 60.7. The van der Waals surface area contributed by atoms with Gasteiger partial charge in [-0.3, -0.25) is 4.90 Å². The Hall–Kier alpha value is -2.72. The van der Waals surface area contributed by atoms with Gasteiger partial charge in [0.25, 0.3) is 0 Å². The van der Waals surface area contributed by atoms with E-state index in [0.717, 1.165) is 24.7 Å². The number of halogens is 4. The first-order valence-electron chi connectivity index (χ1n) is 11.9. The van der Waals surface area contributed by atoms with E-state index in [4.69, 9.17) is 16.3 Å². The fourth-order valence-electron chi connectivity index (χ4n) is 4.30. The normalized spacial score (nSPS) is 15.0. The Kier molecular flexibility index (Phi) is 10.5. The van der Waals surface area contributed by atoms with Crippen LogP contribution in [0.15, 0.2) is 77.7 Å². The maximum atomic E-state index is 14.6. The first kappa shape index (κ1) is 29.8. The molecule has 1 amide bonds. The quantitative estimate of drug-likeness (QED) is 0.330. The Balaban J connectivity index is 0.00000400. The molecule has 38 heavy (non-hydrogen) atoms. The molecule has 1 fully saturated rings. The van der Waals surface area contributed by atoms with Gasteiger partial charge in [0.2, 0.25) is 0 Å². The predicted octanol–water partition coefficient (Wildman–Crippen LogP) is 5.90. The Bertz CT molecular complexity index is 1320. The second-order valence-electron chi connectivity index (χ2n) is 8.81. The van der Waals surface area contributed by atoms with Crippen LogP contribution in [0.4, 0.5) is 13.6 Å². The lowest BCUT2D eigenvalue weighted by molar-refractivity contribution is 0.0736. The van der Waals surface area contributed by atoms with Crippen LogP contribution in [0.1, 0.15) is 22.8 Å². The summed E-state index contributed by atoms with van der Waals surface area (Å²) in [5.74, 6) is -1.62. The molecule has 0 radical (unpaired) electrons. The van der Waals surface area contributed by atoms with Gasteiger partial charge >= 0.3 is 6.09 Å². The summed E-state index contributed by atoms with van der Waals surface area (Å²) in [6.07, 6.45) is -0.813. The van der Waals surface area contributed by atoms with Crippen LogP contribution in [0.3, 0.4) is 0 Å². The molecule has 1 unspecified atom stereocenters. The fraction of sp³-hybridized carbons (Fsp3) is 0.296. The molecule has 0 aliphatic carbocycles. The summed E-state index contributed by atoms with van der Waals surface area (Å²) in [5, 5.41) is -1.12. The minimum Gasteiger partial charge on any atom is -0.449 e. The molecule has 1 atom stereocenters. The highest BCUT2D eigenvalue weighted by molar-refractivity contribution is 7.91. The largest absolute Gasteiger partial charge is 0.449 e. The molecule has 0 spiro atoms. The number of ether oxygens (including phenoxy) is 1. The molecule has 0 bridgehead atoms. The van der Waals surface area contributed by atoms with Crippen LogP contribution in [-0.2, 0) is 21.1 Å². The number of hydrogen-bond donors (Lipinski definition) is 0. The summed E-state index contributed by atoms with van der Waals surface area (Å²) >= 11 is 5.88. The van der Waals surface area contributed by atoms with Crippen molar-refractivity contribution in [2.45, 2.75) is 23.1 Å². The van der Waals surface area contributed by atoms with Gasteiger partial charge in [-0.25, -0.2) is 22.0 Å². The van der Waals surface area contributed by atoms with Gasteiger partial charge in [-0.05, 0) is 48.0 Å². The van der Waals surface area contributed by atoms with Gasteiger partial charge in [0.15, 0.2) is 9.84 Å². The molecule has 204 valence electrons. The first-order chi connectivity index (χ1) is 17.7. The van der Waals surface area contributed by atoms with E-state index in [2.05, 4.69) is 17.0 Å². The van der Waals surface area contributed by atoms with Crippen molar-refractivity contribution >= 4 is 39.9 Å². The van der Waals surface area contributed by atoms with Crippen molar-refractivity contribution in [3.05, 3.63) is 101 Å². The van der Waals surface area contributed by atoms with Gasteiger partial charge in [-0.15, -0.1) is 12.4 Å².